The second-order valence-corrected chi connectivity index (χ2v) is 6.32. The van der Waals surface area contributed by atoms with Gasteiger partial charge in [0.15, 0.2) is 6.61 Å². The van der Waals surface area contributed by atoms with Crippen LogP contribution in [0.3, 0.4) is 0 Å². The summed E-state index contributed by atoms with van der Waals surface area (Å²) in [6.45, 7) is 3.77. The predicted octanol–water partition coefficient (Wildman–Crippen LogP) is 2.09. The molecule has 1 heterocycles. The third-order valence-electron chi connectivity index (χ3n) is 4.42. The van der Waals surface area contributed by atoms with E-state index >= 15 is 0 Å². The minimum Gasteiger partial charge on any atom is -0.465 e. The lowest BCUT2D eigenvalue weighted by Gasteiger charge is -2.15. The molecule has 1 N–H and O–H groups in total. The highest BCUT2D eigenvalue weighted by Crippen LogP contribution is 2.15. The number of carbonyl (C=O) groups is 2. The number of benzene rings is 2. The maximum Gasteiger partial charge on any atom is 0.337 e. The largest absolute Gasteiger partial charge is 0.465 e. The monoisotopic (exact) mass is 382 g/mol. The van der Waals surface area contributed by atoms with Crippen LogP contribution in [0.25, 0.3) is 11.0 Å². The van der Waals surface area contributed by atoms with Crippen molar-refractivity contribution in [3.05, 3.63) is 59.2 Å². The van der Waals surface area contributed by atoms with Crippen molar-refractivity contribution in [1.82, 2.24) is 20.5 Å². The zero-order chi connectivity index (χ0) is 20.1. The van der Waals surface area contributed by atoms with Crippen LogP contribution in [0.5, 0.6) is 0 Å². The summed E-state index contributed by atoms with van der Waals surface area (Å²) in [7, 11) is 1.31. The molecule has 0 unspecified atom stereocenters. The first-order valence-electron chi connectivity index (χ1n) is 8.97. The summed E-state index contributed by atoms with van der Waals surface area (Å²) >= 11 is 0. The molecule has 8 nitrogen and oxygen atoms in total. The van der Waals surface area contributed by atoms with Crippen LogP contribution in [-0.2, 0) is 16.0 Å². The first-order valence-corrected chi connectivity index (χ1v) is 8.97. The second-order valence-electron chi connectivity index (χ2n) is 6.32. The lowest BCUT2D eigenvalue weighted by atomic mass is 10.1. The Hall–Kier alpha value is -3.42. The van der Waals surface area contributed by atoms with Gasteiger partial charge in [-0.3, -0.25) is 4.79 Å². The first-order chi connectivity index (χ1) is 13.5. The Morgan fingerprint density at radius 3 is 2.61 bits per heavy atom. The maximum absolute atomic E-state index is 12.2. The Bertz CT molecular complexity index is 982. The normalized spacial score (nSPS) is 11.8. The van der Waals surface area contributed by atoms with E-state index < -0.39 is 5.97 Å². The molecule has 28 heavy (non-hydrogen) atoms. The van der Waals surface area contributed by atoms with Crippen LogP contribution in [0.1, 0.15) is 41.4 Å². The van der Waals surface area contributed by atoms with Crippen molar-refractivity contribution in [2.45, 2.75) is 26.3 Å². The number of hydrogen-bond acceptors (Lipinski definition) is 6. The zero-order valence-corrected chi connectivity index (χ0v) is 16.0. The molecule has 1 aromatic heterocycles. The number of nitrogens with zero attached hydrogens (tertiary/aromatic N) is 3. The fourth-order valence-corrected chi connectivity index (χ4v) is 2.77. The predicted molar refractivity (Wildman–Crippen MR) is 103 cm³/mol. The summed E-state index contributed by atoms with van der Waals surface area (Å²) in [5.74, 6) is -0.768. The molecule has 0 saturated heterocycles. The summed E-state index contributed by atoms with van der Waals surface area (Å²) in [5.41, 5.74) is 3.61. The fraction of sp³-hybridized carbons (Fsp3) is 0.300. The van der Waals surface area contributed by atoms with Gasteiger partial charge >= 0.3 is 5.97 Å². The molecular formula is C20H22N4O4. The van der Waals surface area contributed by atoms with Crippen molar-refractivity contribution in [3.8, 4) is 0 Å². The number of rotatable bonds is 7. The Kier molecular flexibility index (Phi) is 5.88. The van der Waals surface area contributed by atoms with Gasteiger partial charge in [0.1, 0.15) is 11.0 Å². The molecular weight excluding hydrogens is 360 g/mol. The van der Waals surface area contributed by atoms with E-state index in [0.29, 0.717) is 16.6 Å². The summed E-state index contributed by atoms with van der Waals surface area (Å²) < 4.78 is 4.71. The van der Waals surface area contributed by atoms with E-state index in [2.05, 4.69) is 34.7 Å². The molecule has 0 aliphatic rings. The van der Waals surface area contributed by atoms with E-state index in [-0.39, 0.29) is 18.6 Å². The van der Waals surface area contributed by atoms with Gasteiger partial charge in [0.25, 0.3) is 5.91 Å². The van der Waals surface area contributed by atoms with Gasteiger partial charge in [-0.15, -0.1) is 5.10 Å². The number of carbonyl (C=O) groups excluding carboxylic acids is 2. The molecule has 0 aliphatic heterocycles. The fourth-order valence-electron chi connectivity index (χ4n) is 2.77. The molecule has 2 aromatic carbocycles. The molecule has 0 bridgehead atoms. The van der Waals surface area contributed by atoms with Crippen molar-refractivity contribution >= 4 is 22.9 Å². The second kappa shape index (κ2) is 8.51. The molecule has 0 saturated carbocycles. The van der Waals surface area contributed by atoms with Crippen LogP contribution in [0.15, 0.2) is 42.5 Å². The molecule has 0 fully saturated rings. The van der Waals surface area contributed by atoms with Crippen molar-refractivity contribution in [2.75, 3.05) is 13.7 Å². The van der Waals surface area contributed by atoms with E-state index in [1.807, 2.05) is 19.1 Å². The summed E-state index contributed by atoms with van der Waals surface area (Å²) in [4.78, 5) is 30.5. The molecule has 1 amide bonds. The first kappa shape index (κ1) is 19.3. The lowest BCUT2D eigenvalue weighted by Crippen LogP contribution is -2.33. The summed E-state index contributed by atoms with van der Waals surface area (Å²) in [6.07, 6.45) is 0.971. The standard InChI is InChI=1S/C20H22N4O4/c1-4-14-5-7-15(8-6-14)13(2)21-19(25)12-28-24-18-11-16(20(26)27-3)9-10-17(18)22-23-24/h5-11,13H,4,12H2,1-3H3,(H,21,25)/t13-/m1/s1. The molecule has 8 heteroatoms. The number of hydrogen-bond donors (Lipinski definition) is 1. The van der Waals surface area contributed by atoms with E-state index in [4.69, 9.17) is 9.57 Å². The average molecular weight is 382 g/mol. The number of ether oxygens (including phenoxy) is 1. The number of fused-ring (bicyclic) bond motifs is 1. The van der Waals surface area contributed by atoms with Crippen molar-refractivity contribution in [3.63, 3.8) is 0 Å². The highest BCUT2D eigenvalue weighted by atomic mass is 16.7. The smallest absolute Gasteiger partial charge is 0.337 e. The zero-order valence-electron chi connectivity index (χ0n) is 16.0. The van der Waals surface area contributed by atoms with Crippen LogP contribution in [0.4, 0.5) is 0 Å². The van der Waals surface area contributed by atoms with Crippen molar-refractivity contribution in [2.24, 2.45) is 0 Å². The van der Waals surface area contributed by atoms with Crippen LogP contribution in [-0.4, -0.2) is 40.8 Å². The Labute approximate surface area is 162 Å². The van der Waals surface area contributed by atoms with Gasteiger partial charge in [-0.25, -0.2) is 4.79 Å². The molecule has 3 aromatic rings. The van der Waals surface area contributed by atoms with E-state index in [0.717, 1.165) is 16.8 Å². The average Bonchev–Trinajstić information content (AvgIpc) is 3.13. The minimum atomic E-state index is -0.477. The van der Waals surface area contributed by atoms with E-state index in [1.165, 1.54) is 12.7 Å². The third-order valence-corrected chi connectivity index (χ3v) is 4.42. The molecule has 0 radical (unpaired) electrons. The molecule has 146 valence electrons. The topological polar surface area (TPSA) is 95.3 Å². The highest BCUT2D eigenvalue weighted by Gasteiger charge is 2.14. The van der Waals surface area contributed by atoms with Gasteiger partial charge in [0.2, 0.25) is 0 Å². The van der Waals surface area contributed by atoms with Gasteiger partial charge in [-0.05, 0) is 47.9 Å². The quantitative estimate of drug-likeness (QED) is 0.629. The molecule has 3 rings (SSSR count). The van der Waals surface area contributed by atoms with Crippen LogP contribution < -0.4 is 10.2 Å². The number of esters is 1. The van der Waals surface area contributed by atoms with Crippen LogP contribution in [0.2, 0.25) is 0 Å². The van der Waals surface area contributed by atoms with Gasteiger partial charge in [-0.2, -0.15) is 0 Å². The molecule has 0 spiro atoms. The van der Waals surface area contributed by atoms with Crippen molar-refractivity contribution < 1.29 is 19.2 Å². The minimum absolute atomic E-state index is 0.152. The lowest BCUT2D eigenvalue weighted by molar-refractivity contribution is -0.127. The maximum atomic E-state index is 12.2. The molecule has 0 aliphatic carbocycles. The van der Waals surface area contributed by atoms with E-state index in [9.17, 15) is 9.59 Å². The number of nitrogens with one attached hydrogen (secondary N) is 1. The Morgan fingerprint density at radius 1 is 1.18 bits per heavy atom. The van der Waals surface area contributed by atoms with Gasteiger partial charge < -0.3 is 14.9 Å². The SMILES string of the molecule is CCc1ccc([C@@H](C)NC(=O)COn2nnc3ccc(C(=O)OC)cc32)cc1. The van der Waals surface area contributed by atoms with Gasteiger partial charge in [-0.1, -0.05) is 36.0 Å². The number of methoxy groups -OCH3 is 1. The van der Waals surface area contributed by atoms with Crippen LogP contribution in [0, 0.1) is 0 Å². The van der Waals surface area contributed by atoms with Crippen LogP contribution >= 0.6 is 0 Å². The summed E-state index contributed by atoms with van der Waals surface area (Å²) in [5, 5.41) is 10.7. The Morgan fingerprint density at radius 2 is 1.93 bits per heavy atom. The molecule has 1 atom stereocenters. The highest BCUT2D eigenvalue weighted by molar-refractivity contribution is 5.93. The van der Waals surface area contributed by atoms with Gasteiger partial charge in [0, 0.05) is 0 Å². The third kappa shape index (κ3) is 4.28. The Balaban J connectivity index is 1.63. The number of amides is 1. The van der Waals surface area contributed by atoms with Gasteiger partial charge in [0.05, 0.1) is 18.7 Å². The number of aryl methyl sites for hydroxylation is 1. The number of aromatic nitrogens is 3. The van der Waals surface area contributed by atoms with E-state index in [1.54, 1.807) is 18.2 Å². The van der Waals surface area contributed by atoms with Crippen molar-refractivity contribution in [1.29, 1.82) is 0 Å². The summed E-state index contributed by atoms with van der Waals surface area (Å²) in [6, 6.07) is 12.7.